The Balaban J connectivity index is 0.000000525. The Bertz CT molecular complexity index is 538. The van der Waals surface area contributed by atoms with Crippen LogP contribution in [0.3, 0.4) is 0 Å². The number of benzene rings is 1. The van der Waals surface area contributed by atoms with Crippen molar-refractivity contribution in [1.29, 1.82) is 0 Å². The summed E-state index contributed by atoms with van der Waals surface area (Å²) in [6.07, 6.45) is 5.30. The van der Waals surface area contributed by atoms with Crippen molar-refractivity contribution in [3.63, 3.8) is 0 Å². The third-order valence-corrected chi connectivity index (χ3v) is 4.41. The lowest BCUT2D eigenvalue weighted by Gasteiger charge is -2.29. The highest BCUT2D eigenvalue weighted by atomic mass is 35.5. The third kappa shape index (κ3) is 14.7. The number of aliphatic hydroxyl groups is 1. The van der Waals surface area contributed by atoms with E-state index in [0.29, 0.717) is 17.4 Å². The van der Waals surface area contributed by atoms with Gasteiger partial charge in [0.15, 0.2) is 0 Å². The minimum Gasteiger partial charge on any atom is -0.546 e. The lowest BCUT2D eigenvalue weighted by atomic mass is 10.2. The van der Waals surface area contributed by atoms with E-state index in [0.717, 1.165) is 23.2 Å². The largest absolute Gasteiger partial charge is 0.546 e. The predicted molar refractivity (Wildman–Crippen MR) is 111 cm³/mol. The number of aryl methyl sites for hydroxylation is 1. The first kappa shape index (κ1) is 26.7. The topological polar surface area (TPSA) is 78.8 Å². The summed E-state index contributed by atoms with van der Waals surface area (Å²) in [5.41, 5.74) is 0.800. The van der Waals surface area contributed by atoms with Gasteiger partial charge in [-0.1, -0.05) is 31.4 Å². The molecule has 0 saturated heterocycles. The van der Waals surface area contributed by atoms with Crippen LogP contribution in [0.5, 0.6) is 5.75 Å². The first-order valence-corrected chi connectivity index (χ1v) is 10.2. The molecule has 7 heteroatoms. The molecular weight excluding hydrogens is 382 g/mol. The summed E-state index contributed by atoms with van der Waals surface area (Å²) in [6.45, 7) is 7.19. The van der Waals surface area contributed by atoms with Crippen molar-refractivity contribution in [3.8, 4) is 5.75 Å². The fourth-order valence-electron chi connectivity index (χ4n) is 2.47. The quantitative estimate of drug-likeness (QED) is 0.394. The molecule has 1 rings (SSSR count). The molecule has 28 heavy (non-hydrogen) atoms. The van der Waals surface area contributed by atoms with Gasteiger partial charge in [-0.3, -0.25) is 0 Å². The maximum absolute atomic E-state index is 10.1. The average molecular weight is 418 g/mol. The molecule has 1 aromatic rings. The number of halogens is 1. The Hall–Kier alpha value is -1.34. The molecule has 0 fully saturated rings. The molecular formula is C21H36ClNO5. The molecule has 0 heterocycles. The minimum absolute atomic E-state index is 0.129. The molecule has 0 unspecified atom stereocenters. The number of ether oxygens (including phenoxy) is 2. The first-order valence-electron chi connectivity index (χ1n) is 9.81. The van der Waals surface area contributed by atoms with Crippen molar-refractivity contribution >= 4 is 17.6 Å². The number of nitrogens with zero attached hydrogens (tertiary/aromatic N) is 1. The van der Waals surface area contributed by atoms with E-state index in [1.807, 2.05) is 0 Å². The number of carboxylic acids is 1. The molecule has 0 bridgehead atoms. The zero-order valence-corrected chi connectivity index (χ0v) is 18.5. The van der Waals surface area contributed by atoms with Gasteiger partial charge in [0.1, 0.15) is 18.9 Å². The van der Waals surface area contributed by atoms with Crippen molar-refractivity contribution < 1.29 is 29.0 Å². The van der Waals surface area contributed by atoms with Crippen molar-refractivity contribution in [1.82, 2.24) is 0 Å². The summed E-state index contributed by atoms with van der Waals surface area (Å²) >= 11 is 5.70. The van der Waals surface area contributed by atoms with E-state index in [2.05, 4.69) is 21.0 Å². The van der Waals surface area contributed by atoms with Crippen LogP contribution in [-0.2, 0) is 9.53 Å². The average Bonchev–Trinajstić information content (AvgIpc) is 2.62. The molecule has 1 N–H and O–H groups in total. The van der Waals surface area contributed by atoms with E-state index in [1.54, 1.807) is 25.1 Å². The number of rotatable bonds is 13. The molecule has 0 aliphatic heterocycles. The number of aliphatic hydroxyl groups excluding tert-OH is 1. The summed E-state index contributed by atoms with van der Waals surface area (Å²) in [6, 6.07) is 4.96. The second-order valence-electron chi connectivity index (χ2n) is 7.35. The van der Waals surface area contributed by atoms with Gasteiger partial charge >= 0.3 is 0 Å². The molecule has 6 nitrogen and oxygen atoms in total. The zero-order valence-electron chi connectivity index (χ0n) is 17.7. The number of quaternary nitrogens is 1. The maximum atomic E-state index is 10.1. The summed E-state index contributed by atoms with van der Waals surface area (Å²) in [4.78, 5) is 10.1. The Kier molecular flexibility index (Phi) is 14.8. The van der Waals surface area contributed by atoms with Crippen LogP contribution in [0.4, 0.5) is 0 Å². The lowest BCUT2D eigenvalue weighted by molar-refractivity contribution is -0.891. The van der Waals surface area contributed by atoms with Gasteiger partial charge in [0.05, 0.1) is 46.4 Å². The zero-order chi connectivity index (χ0) is 21.4. The van der Waals surface area contributed by atoms with Crippen LogP contribution < -0.4 is 9.84 Å². The fourth-order valence-corrected chi connectivity index (χ4v) is 2.69. The smallest absolute Gasteiger partial charge is 0.128 e. The summed E-state index contributed by atoms with van der Waals surface area (Å²) in [7, 11) is 4.49. The van der Waals surface area contributed by atoms with Crippen LogP contribution >= 0.6 is 11.6 Å². The number of hydrogen-bond donors (Lipinski definition) is 1. The van der Waals surface area contributed by atoms with Crippen LogP contribution in [0.1, 0.15) is 38.2 Å². The van der Waals surface area contributed by atoms with E-state index < -0.39 is 12.6 Å². The number of carbonyl (C=O) groups excluding carboxylic acids is 1. The fraction of sp³-hybridized carbons (Fsp3) is 0.667. The van der Waals surface area contributed by atoms with Gasteiger partial charge in [0.2, 0.25) is 0 Å². The van der Waals surface area contributed by atoms with Gasteiger partial charge in [0.25, 0.3) is 0 Å². The SMILES string of the molecule is CCCCCC[N+](C)(C)CCOCCO.Cc1cc(Cl)ccc1OCC(=O)[O-]. The van der Waals surface area contributed by atoms with Crippen LogP contribution in [0.25, 0.3) is 0 Å². The Morgan fingerprint density at radius 3 is 2.46 bits per heavy atom. The number of aliphatic carboxylic acids is 1. The van der Waals surface area contributed by atoms with E-state index in [1.165, 1.54) is 32.2 Å². The standard InChI is InChI=1S/C12H28NO2.C9H9ClO3/c1-4-5-6-7-8-13(2,3)9-11-15-12-10-14;1-6-4-7(10)2-3-8(6)13-5-9(11)12/h14H,4-12H2,1-3H3;2-4H,5H2,1H3,(H,11,12)/q+1;/p-1. The summed E-state index contributed by atoms with van der Waals surface area (Å²) < 4.78 is 11.2. The lowest BCUT2D eigenvalue weighted by Crippen LogP contribution is -2.43. The Morgan fingerprint density at radius 1 is 1.18 bits per heavy atom. The highest BCUT2D eigenvalue weighted by molar-refractivity contribution is 6.30. The molecule has 0 aromatic heterocycles. The summed E-state index contributed by atoms with van der Waals surface area (Å²) in [5.74, 6) is -0.733. The van der Waals surface area contributed by atoms with Gasteiger partial charge in [0, 0.05) is 5.02 Å². The molecule has 0 aliphatic rings. The molecule has 1 aromatic carbocycles. The number of hydrogen-bond acceptors (Lipinski definition) is 5. The monoisotopic (exact) mass is 417 g/mol. The van der Waals surface area contributed by atoms with Gasteiger partial charge in [-0.25, -0.2) is 0 Å². The van der Waals surface area contributed by atoms with E-state index in [9.17, 15) is 9.90 Å². The molecule has 0 aliphatic carbocycles. The van der Waals surface area contributed by atoms with Crippen molar-refractivity contribution in [2.45, 2.75) is 39.5 Å². The van der Waals surface area contributed by atoms with E-state index in [4.69, 9.17) is 26.2 Å². The number of unbranched alkanes of at least 4 members (excludes halogenated alkanes) is 3. The van der Waals surface area contributed by atoms with Crippen molar-refractivity contribution in [2.75, 3.05) is 53.6 Å². The normalized spacial score (nSPS) is 10.9. The maximum Gasteiger partial charge on any atom is 0.128 e. The molecule has 0 radical (unpaired) electrons. The predicted octanol–water partition coefficient (Wildman–Crippen LogP) is 2.43. The molecule has 0 amide bonds. The number of carboxylic acid groups (broad SMARTS) is 1. The first-order chi connectivity index (χ1) is 13.2. The van der Waals surface area contributed by atoms with Crippen LogP contribution in [-0.4, -0.2) is 69.2 Å². The van der Waals surface area contributed by atoms with Gasteiger partial charge in [-0.15, -0.1) is 0 Å². The van der Waals surface area contributed by atoms with Gasteiger partial charge < -0.3 is 29.0 Å². The molecule has 0 saturated carbocycles. The molecule has 0 spiro atoms. The van der Waals surface area contributed by atoms with Crippen molar-refractivity contribution in [3.05, 3.63) is 28.8 Å². The second-order valence-corrected chi connectivity index (χ2v) is 7.79. The minimum atomic E-state index is -1.24. The van der Waals surface area contributed by atoms with Crippen molar-refractivity contribution in [2.24, 2.45) is 0 Å². The van der Waals surface area contributed by atoms with E-state index >= 15 is 0 Å². The Labute approximate surface area is 174 Å². The second kappa shape index (κ2) is 15.6. The number of carbonyl (C=O) groups is 1. The molecule has 162 valence electrons. The van der Waals surface area contributed by atoms with Crippen LogP contribution in [0.15, 0.2) is 18.2 Å². The highest BCUT2D eigenvalue weighted by Crippen LogP contribution is 2.21. The van der Waals surface area contributed by atoms with Gasteiger partial charge in [-0.2, -0.15) is 0 Å². The number of likely N-dealkylation sites (N-methyl/N-ethyl adjacent to an activating group) is 1. The highest BCUT2D eigenvalue weighted by Gasteiger charge is 2.13. The third-order valence-electron chi connectivity index (χ3n) is 4.18. The Morgan fingerprint density at radius 2 is 1.89 bits per heavy atom. The van der Waals surface area contributed by atoms with E-state index in [-0.39, 0.29) is 6.61 Å². The van der Waals surface area contributed by atoms with Crippen LogP contribution in [0.2, 0.25) is 5.02 Å². The van der Waals surface area contributed by atoms with Gasteiger partial charge in [-0.05, 0) is 43.5 Å². The summed E-state index contributed by atoms with van der Waals surface area (Å²) in [5, 5.41) is 19.3. The van der Waals surface area contributed by atoms with Crippen LogP contribution in [0, 0.1) is 6.92 Å². The molecule has 0 atom stereocenters.